The molecule has 0 aliphatic rings. The molecule has 1 amide bonds. The number of primary amides is 1. The summed E-state index contributed by atoms with van der Waals surface area (Å²) in [6.07, 6.45) is -4.47. The quantitative estimate of drug-likeness (QED) is 0.485. The van der Waals surface area contributed by atoms with Crippen molar-refractivity contribution >= 4 is 28.4 Å². The van der Waals surface area contributed by atoms with Crippen molar-refractivity contribution in [2.45, 2.75) is 25.7 Å². The van der Waals surface area contributed by atoms with Gasteiger partial charge in [-0.1, -0.05) is 31.2 Å². The van der Waals surface area contributed by atoms with Gasteiger partial charge in [-0.05, 0) is 30.7 Å². The standard InChI is InChI=1S/C20H17F3N6O2/c1-2-13(16(24)30)25-19-26-14-9-5-3-7-11(14)18-27-17(28-29(18)19)12-8-4-6-10-15(12)31-20(21,22)23/h3-10,13H,2H2,1H3,(H2,24,30)(H,25,26)/t13-/m1/s1. The number of rotatable bonds is 6. The van der Waals surface area contributed by atoms with E-state index in [9.17, 15) is 18.0 Å². The number of hydrogen-bond donors (Lipinski definition) is 2. The summed E-state index contributed by atoms with van der Waals surface area (Å²) < 4.78 is 44.0. The molecule has 11 heteroatoms. The van der Waals surface area contributed by atoms with Crippen LogP contribution >= 0.6 is 0 Å². The van der Waals surface area contributed by atoms with Crippen LogP contribution in [0.15, 0.2) is 48.5 Å². The van der Waals surface area contributed by atoms with Crippen molar-refractivity contribution in [2.75, 3.05) is 5.32 Å². The third-order valence-corrected chi connectivity index (χ3v) is 4.59. The van der Waals surface area contributed by atoms with E-state index in [-0.39, 0.29) is 17.3 Å². The first-order chi connectivity index (χ1) is 14.8. The summed E-state index contributed by atoms with van der Waals surface area (Å²) in [5.74, 6) is -0.809. The molecule has 1 atom stereocenters. The van der Waals surface area contributed by atoms with E-state index in [0.29, 0.717) is 23.0 Å². The predicted octanol–water partition coefficient (Wildman–Crippen LogP) is 3.52. The molecule has 0 aliphatic heterocycles. The number of ether oxygens (including phenoxy) is 1. The Hall–Kier alpha value is -3.89. The summed E-state index contributed by atoms with van der Waals surface area (Å²) in [6.45, 7) is 1.78. The first-order valence-electron chi connectivity index (χ1n) is 9.33. The van der Waals surface area contributed by atoms with Crippen molar-refractivity contribution in [3.63, 3.8) is 0 Å². The Morgan fingerprint density at radius 2 is 1.87 bits per heavy atom. The number of para-hydroxylation sites is 2. The summed E-state index contributed by atoms with van der Waals surface area (Å²) in [4.78, 5) is 20.6. The lowest BCUT2D eigenvalue weighted by Crippen LogP contribution is -2.35. The van der Waals surface area contributed by atoms with Gasteiger partial charge in [0.05, 0.1) is 11.1 Å². The van der Waals surface area contributed by atoms with E-state index in [1.165, 1.54) is 22.7 Å². The van der Waals surface area contributed by atoms with Gasteiger partial charge >= 0.3 is 6.36 Å². The third-order valence-electron chi connectivity index (χ3n) is 4.59. The molecule has 0 saturated carbocycles. The fourth-order valence-corrected chi connectivity index (χ4v) is 3.16. The van der Waals surface area contributed by atoms with Crippen molar-refractivity contribution in [1.29, 1.82) is 0 Å². The molecule has 0 fully saturated rings. The summed E-state index contributed by atoms with van der Waals surface area (Å²) in [5, 5.41) is 7.93. The Morgan fingerprint density at radius 3 is 2.58 bits per heavy atom. The predicted molar refractivity (Wildman–Crippen MR) is 107 cm³/mol. The van der Waals surface area contributed by atoms with E-state index in [4.69, 9.17) is 5.73 Å². The number of nitrogens with two attached hydrogens (primary N) is 1. The Morgan fingerprint density at radius 1 is 1.16 bits per heavy atom. The summed E-state index contributed by atoms with van der Waals surface area (Å²) in [5.41, 5.74) is 6.40. The maximum Gasteiger partial charge on any atom is 0.573 e. The number of anilines is 1. The summed E-state index contributed by atoms with van der Waals surface area (Å²) >= 11 is 0. The molecule has 0 spiro atoms. The fraction of sp³-hybridized carbons (Fsp3) is 0.200. The molecule has 0 radical (unpaired) electrons. The molecule has 3 N–H and O–H groups in total. The van der Waals surface area contributed by atoms with Crippen molar-refractivity contribution in [3.8, 4) is 17.1 Å². The van der Waals surface area contributed by atoms with E-state index in [0.717, 1.165) is 0 Å². The molecular formula is C20H17F3N6O2. The molecule has 2 aromatic carbocycles. The van der Waals surface area contributed by atoms with Crippen LogP contribution in [0.1, 0.15) is 13.3 Å². The van der Waals surface area contributed by atoms with E-state index < -0.39 is 24.1 Å². The normalized spacial score (nSPS) is 12.8. The number of amides is 1. The van der Waals surface area contributed by atoms with Gasteiger partial charge in [0, 0.05) is 5.39 Å². The minimum Gasteiger partial charge on any atom is -0.405 e. The second-order valence-electron chi connectivity index (χ2n) is 6.67. The minimum atomic E-state index is -4.87. The van der Waals surface area contributed by atoms with Gasteiger partial charge in [-0.3, -0.25) is 4.79 Å². The van der Waals surface area contributed by atoms with E-state index in [2.05, 4.69) is 25.1 Å². The molecule has 0 aliphatic carbocycles. The molecule has 31 heavy (non-hydrogen) atoms. The number of carbonyl (C=O) groups excluding carboxylic acids is 1. The highest BCUT2D eigenvalue weighted by atomic mass is 19.4. The highest BCUT2D eigenvalue weighted by Gasteiger charge is 2.32. The van der Waals surface area contributed by atoms with E-state index in [1.54, 1.807) is 37.3 Å². The number of aromatic nitrogens is 4. The van der Waals surface area contributed by atoms with Crippen LogP contribution in [0.5, 0.6) is 5.75 Å². The number of alkyl halides is 3. The second kappa shape index (κ2) is 7.74. The molecule has 8 nitrogen and oxygen atoms in total. The van der Waals surface area contributed by atoms with Gasteiger partial charge in [-0.25, -0.2) is 9.97 Å². The Bertz CT molecular complexity index is 1270. The smallest absolute Gasteiger partial charge is 0.405 e. The SMILES string of the molecule is CC[C@@H](Nc1nc2ccccc2c2nc(-c3ccccc3OC(F)(F)F)nn12)C(N)=O. The molecule has 4 rings (SSSR count). The van der Waals surface area contributed by atoms with Gasteiger partial charge in [0.15, 0.2) is 11.5 Å². The van der Waals surface area contributed by atoms with Gasteiger partial charge in [-0.15, -0.1) is 18.3 Å². The van der Waals surface area contributed by atoms with Crippen LogP contribution in [-0.2, 0) is 4.79 Å². The number of nitrogens with zero attached hydrogens (tertiary/aromatic N) is 4. The fourth-order valence-electron chi connectivity index (χ4n) is 3.16. The average molecular weight is 430 g/mol. The molecular weight excluding hydrogens is 413 g/mol. The lowest BCUT2D eigenvalue weighted by atomic mass is 10.2. The second-order valence-corrected chi connectivity index (χ2v) is 6.67. The number of benzene rings is 2. The number of hydrogen-bond acceptors (Lipinski definition) is 6. The lowest BCUT2D eigenvalue weighted by molar-refractivity contribution is -0.274. The molecule has 2 aromatic heterocycles. The third kappa shape index (κ3) is 4.06. The van der Waals surface area contributed by atoms with Crippen LogP contribution in [0.3, 0.4) is 0 Å². The Balaban J connectivity index is 1.92. The first-order valence-corrected chi connectivity index (χ1v) is 9.33. The van der Waals surface area contributed by atoms with Crippen LogP contribution in [0, 0.1) is 0 Å². The van der Waals surface area contributed by atoms with Gasteiger partial charge in [0.2, 0.25) is 11.9 Å². The monoisotopic (exact) mass is 430 g/mol. The van der Waals surface area contributed by atoms with Crippen molar-refractivity contribution in [2.24, 2.45) is 5.73 Å². The average Bonchev–Trinajstić information content (AvgIpc) is 3.16. The molecule has 0 saturated heterocycles. The van der Waals surface area contributed by atoms with Crippen LogP contribution < -0.4 is 15.8 Å². The van der Waals surface area contributed by atoms with Crippen LogP contribution in [0.4, 0.5) is 19.1 Å². The number of nitrogens with one attached hydrogen (secondary N) is 1. The molecule has 4 aromatic rings. The minimum absolute atomic E-state index is 0.00757. The summed E-state index contributed by atoms with van der Waals surface area (Å²) in [7, 11) is 0. The van der Waals surface area contributed by atoms with Gasteiger partial charge in [-0.2, -0.15) is 4.52 Å². The largest absolute Gasteiger partial charge is 0.573 e. The number of fused-ring (bicyclic) bond motifs is 3. The van der Waals surface area contributed by atoms with Gasteiger partial charge in [0.1, 0.15) is 11.8 Å². The van der Waals surface area contributed by atoms with Crippen LogP contribution in [-0.4, -0.2) is 37.9 Å². The summed E-state index contributed by atoms with van der Waals surface area (Å²) in [6, 6.07) is 12.0. The topological polar surface area (TPSA) is 107 Å². The molecule has 0 unspecified atom stereocenters. The zero-order chi connectivity index (χ0) is 22.2. The van der Waals surface area contributed by atoms with Crippen molar-refractivity contribution < 1.29 is 22.7 Å². The lowest BCUT2D eigenvalue weighted by Gasteiger charge is -2.15. The Labute approximate surface area is 173 Å². The number of halogens is 3. The van der Waals surface area contributed by atoms with E-state index in [1.807, 2.05) is 0 Å². The van der Waals surface area contributed by atoms with Gasteiger partial charge in [0.25, 0.3) is 0 Å². The zero-order valence-corrected chi connectivity index (χ0v) is 16.2. The maximum atomic E-state index is 12.8. The van der Waals surface area contributed by atoms with Gasteiger partial charge < -0.3 is 15.8 Å². The van der Waals surface area contributed by atoms with Crippen molar-refractivity contribution in [1.82, 2.24) is 19.6 Å². The molecule has 160 valence electrons. The molecule has 2 heterocycles. The van der Waals surface area contributed by atoms with E-state index >= 15 is 0 Å². The highest BCUT2D eigenvalue weighted by molar-refractivity contribution is 5.93. The Kier molecular flexibility index (Phi) is 5.09. The van der Waals surface area contributed by atoms with Crippen LogP contribution in [0.25, 0.3) is 27.9 Å². The first kappa shape index (κ1) is 20.4. The van der Waals surface area contributed by atoms with Crippen molar-refractivity contribution in [3.05, 3.63) is 48.5 Å². The molecule has 0 bridgehead atoms. The van der Waals surface area contributed by atoms with Crippen LogP contribution in [0.2, 0.25) is 0 Å². The zero-order valence-electron chi connectivity index (χ0n) is 16.2. The number of carbonyl (C=O) groups is 1. The highest BCUT2D eigenvalue weighted by Crippen LogP contribution is 2.33. The maximum absolute atomic E-state index is 12.8.